The minimum Gasteiger partial charge on any atom is -0.339 e. The molecular weight excluding hydrogens is 441 g/mol. The van der Waals surface area contributed by atoms with Gasteiger partial charge in [-0.2, -0.15) is 9.03 Å². The van der Waals surface area contributed by atoms with E-state index in [1.54, 1.807) is 11.4 Å². The van der Waals surface area contributed by atoms with E-state index in [9.17, 15) is 26.0 Å². The molecule has 1 aromatic heterocycles. The molecule has 1 aliphatic heterocycles. The van der Waals surface area contributed by atoms with Crippen molar-refractivity contribution in [2.75, 3.05) is 26.2 Å². The summed E-state index contributed by atoms with van der Waals surface area (Å²) in [5.41, 5.74) is 0. The van der Waals surface area contributed by atoms with Crippen molar-refractivity contribution in [2.24, 2.45) is 0 Å². The van der Waals surface area contributed by atoms with Crippen LogP contribution >= 0.6 is 11.3 Å². The third kappa shape index (κ3) is 4.67. The zero-order valence-electron chi connectivity index (χ0n) is 15.5. The topological polar surface area (TPSA) is 104 Å². The van der Waals surface area contributed by atoms with Crippen molar-refractivity contribution in [1.29, 1.82) is 0 Å². The van der Waals surface area contributed by atoms with Crippen LogP contribution in [0, 0.1) is 5.82 Å². The molecule has 1 fully saturated rings. The van der Waals surface area contributed by atoms with Crippen LogP contribution in [0.3, 0.4) is 0 Å². The molecule has 1 saturated heterocycles. The Kier molecular flexibility index (Phi) is 6.39. The van der Waals surface area contributed by atoms with Gasteiger partial charge in [0.15, 0.2) is 0 Å². The van der Waals surface area contributed by atoms with E-state index in [4.69, 9.17) is 0 Å². The first-order valence-electron chi connectivity index (χ1n) is 8.72. The molecule has 3 rings (SSSR count). The second-order valence-corrected chi connectivity index (χ2v) is 11.2. The summed E-state index contributed by atoms with van der Waals surface area (Å²) in [5, 5.41) is 1.68. The lowest BCUT2D eigenvalue weighted by Gasteiger charge is -2.35. The molecule has 2 aromatic rings. The first kappa shape index (κ1) is 21.8. The quantitative estimate of drug-likeness (QED) is 0.694. The smallest absolute Gasteiger partial charge is 0.252 e. The molecule has 8 nitrogen and oxygen atoms in total. The van der Waals surface area contributed by atoms with Crippen molar-refractivity contribution in [3.63, 3.8) is 0 Å². The van der Waals surface area contributed by atoms with Gasteiger partial charge in [0.2, 0.25) is 15.9 Å². The fourth-order valence-electron chi connectivity index (χ4n) is 2.97. The van der Waals surface area contributed by atoms with E-state index >= 15 is 0 Å². The van der Waals surface area contributed by atoms with Crippen LogP contribution in [-0.4, -0.2) is 64.2 Å². The highest BCUT2D eigenvalue weighted by Gasteiger charge is 2.33. The Morgan fingerprint density at radius 3 is 2.31 bits per heavy atom. The fourth-order valence-corrected chi connectivity index (χ4v) is 6.81. The number of carbonyl (C=O) groups excluding carboxylic acids is 1. The minimum atomic E-state index is -4.21. The summed E-state index contributed by atoms with van der Waals surface area (Å²) in [6.45, 7) is 1.86. The fraction of sp³-hybridized carbons (Fsp3) is 0.353. The average Bonchev–Trinajstić information content (AvgIpc) is 3.23. The number of benzene rings is 1. The number of hydrogen-bond donors (Lipinski definition) is 1. The standard InChI is InChI=1S/C17H20FN3O5S3/c1-13(19-28(23,24)15-6-3-2-5-14(15)18)17(22)20-8-10-21(11-9-20)29(25,26)16-7-4-12-27-16/h2-7,12-13,19H,8-11H2,1H3/t13-/m0/s1. The van der Waals surface area contributed by atoms with Crippen LogP contribution in [0.4, 0.5) is 4.39 Å². The number of carbonyl (C=O) groups is 1. The molecule has 1 atom stereocenters. The molecule has 1 amide bonds. The van der Waals surface area contributed by atoms with Gasteiger partial charge < -0.3 is 4.90 Å². The van der Waals surface area contributed by atoms with Gasteiger partial charge in [-0.3, -0.25) is 4.79 Å². The van der Waals surface area contributed by atoms with Crippen molar-refractivity contribution < 1.29 is 26.0 Å². The van der Waals surface area contributed by atoms with E-state index in [-0.39, 0.29) is 30.4 Å². The summed E-state index contributed by atoms with van der Waals surface area (Å²) in [4.78, 5) is 13.5. The van der Waals surface area contributed by atoms with E-state index in [0.717, 1.165) is 23.5 Å². The van der Waals surface area contributed by atoms with Crippen molar-refractivity contribution in [3.05, 3.63) is 47.6 Å². The van der Waals surface area contributed by atoms with Crippen molar-refractivity contribution in [2.45, 2.75) is 22.1 Å². The number of hydrogen-bond acceptors (Lipinski definition) is 6. The predicted molar refractivity (Wildman–Crippen MR) is 106 cm³/mol. The van der Waals surface area contributed by atoms with Crippen molar-refractivity contribution in [3.8, 4) is 0 Å². The monoisotopic (exact) mass is 461 g/mol. The zero-order valence-corrected chi connectivity index (χ0v) is 17.9. The summed E-state index contributed by atoms with van der Waals surface area (Å²) < 4.78 is 67.3. The average molecular weight is 462 g/mol. The molecule has 0 spiro atoms. The number of amides is 1. The van der Waals surface area contributed by atoms with Crippen molar-refractivity contribution >= 4 is 37.3 Å². The molecule has 29 heavy (non-hydrogen) atoms. The highest BCUT2D eigenvalue weighted by atomic mass is 32.2. The number of piperazine rings is 1. The number of rotatable bonds is 6. The van der Waals surface area contributed by atoms with E-state index in [2.05, 4.69) is 4.72 Å². The molecule has 0 radical (unpaired) electrons. The Hall–Kier alpha value is -1.86. The third-order valence-electron chi connectivity index (χ3n) is 4.47. The molecular formula is C17H20FN3O5S3. The molecule has 1 N–H and O–H groups in total. The highest BCUT2D eigenvalue weighted by molar-refractivity contribution is 7.91. The number of sulfonamides is 2. The van der Waals surface area contributed by atoms with Crippen molar-refractivity contribution in [1.82, 2.24) is 13.9 Å². The second kappa shape index (κ2) is 8.48. The maximum atomic E-state index is 13.8. The van der Waals surface area contributed by atoms with E-state index in [0.29, 0.717) is 0 Å². The number of nitrogens with zero attached hydrogens (tertiary/aromatic N) is 2. The largest absolute Gasteiger partial charge is 0.339 e. The summed E-state index contributed by atoms with van der Waals surface area (Å²) in [6.07, 6.45) is 0. The van der Waals surface area contributed by atoms with Crippen LogP contribution in [0.1, 0.15) is 6.92 Å². The normalized spacial score (nSPS) is 17.2. The van der Waals surface area contributed by atoms with Crippen LogP contribution < -0.4 is 4.72 Å². The van der Waals surface area contributed by atoms with Crippen LogP contribution in [-0.2, 0) is 24.8 Å². The van der Waals surface area contributed by atoms with Gasteiger partial charge in [0.05, 0.1) is 6.04 Å². The zero-order chi connectivity index (χ0) is 21.2. The summed E-state index contributed by atoms with van der Waals surface area (Å²) >= 11 is 1.12. The molecule has 0 saturated carbocycles. The second-order valence-electron chi connectivity index (χ2n) is 6.43. The number of halogens is 1. The van der Waals surface area contributed by atoms with Gasteiger partial charge in [0.1, 0.15) is 14.9 Å². The highest BCUT2D eigenvalue weighted by Crippen LogP contribution is 2.22. The molecule has 2 heterocycles. The van der Waals surface area contributed by atoms with Crippen LogP contribution in [0.25, 0.3) is 0 Å². The molecule has 1 aromatic carbocycles. The molecule has 0 bridgehead atoms. The first-order valence-corrected chi connectivity index (χ1v) is 12.5. The van der Waals surface area contributed by atoms with Gasteiger partial charge in [-0.25, -0.2) is 21.2 Å². The lowest BCUT2D eigenvalue weighted by atomic mass is 10.2. The maximum Gasteiger partial charge on any atom is 0.252 e. The number of nitrogens with one attached hydrogen (secondary N) is 1. The Labute approximate surface area is 173 Å². The van der Waals surface area contributed by atoms with Crippen LogP contribution in [0.5, 0.6) is 0 Å². The minimum absolute atomic E-state index is 0.110. The Morgan fingerprint density at radius 1 is 1.07 bits per heavy atom. The number of thiophene rings is 1. The summed E-state index contributed by atoms with van der Waals surface area (Å²) in [6, 6.07) is 6.94. The molecule has 1 aliphatic rings. The SMILES string of the molecule is C[C@H](NS(=O)(=O)c1ccccc1F)C(=O)N1CCN(S(=O)(=O)c2cccs2)CC1. The lowest BCUT2D eigenvalue weighted by molar-refractivity contribution is -0.133. The van der Waals surface area contributed by atoms with E-state index < -0.39 is 42.7 Å². The van der Waals surface area contributed by atoms with E-state index in [1.165, 1.54) is 34.3 Å². The maximum absolute atomic E-state index is 13.8. The predicted octanol–water partition coefficient (Wildman–Crippen LogP) is 1.09. The lowest BCUT2D eigenvalue weighted by Crippen LogP contribution is -2.55. The summed E-state index contributed by atoms with van der Waals surface area (Å²) in [7, 11) is -7.81. The molecule has 0 unspecified atom stereocenters. The van der Waals surface area contributed by atoms with Gasteiger partial charge in [-0.05, 0) is 30.5 Å². The van der Waals surface area contributed by atoms with Gasteiger partial charge in [-0.1, -0.05) is 18.2 Å². The molecule has 0 aliphatic carbocycles. The Morgan fingerprint density at radius 2 is 1.72 bits per heavy atom. The summed E-state index contributed by atoms with van der Waals surface area (Å²) in [5.74, 6) is -1.41. The molecule has 158 valence electrons. The third-order valence-corrected chi connectivity index (χ3v) is 9.31. The van der Waals surface area contributed by atoms with Crippen LogP contribution in [0.15, 0.2) is 50.9 Å². The Bertz CT molecular complexity index is 1080. The van der Waals surface area contributed by atoms with Gasteiger partial charge in [0, 0.05) is 26.2 Å². The molecule has 12 heteroatoms. The van der Waals surface area contributed by atoms with E-state index in [1.807, 2.05) is 0 Å². The van der Waals surface area contributed by atoms with Gasteiger partial charge >= 0.3 is 0 Å². The van der Waals surface area contributed by atoms with Gasteiger partial charge in [-0.15, -0.1) is 11.3 Å². The Balaban J connectivity index is 1.63. The van der Waals surface area contributed by atoms with Gasteiger partial charge in [0.25, 0.3) is 10.0 Å². The first-order chi connectivity index (χ1) is 13.6. The van der Waals surface area contributed by atoms with Crippen LogP contribution in [0.2, 0.25) is 0 Å².